The molecule has 2 heterocycles. The fraction of sp³-hybridized carbons (Fsp3) is 0.360. The molecule has 5 nitrogen and oxygen atoms in total. The number of allylic oxidation sites excluding steroid dienone is 1. The number of fused-ring (bicyclic) bond motifs is 1. The number of alkyl halides is 3. The maximum Gasteiger partial charge on any atom is 0.416 e. The number of nitrogens with one attached hydrogen (secondary N) is 1. The highest BCUT2D eigenvalue weighted by atomic mass is 79.9. The quantitative estimate of drug-likeness (QED) is 0.430. The first-order valence-corrected chi connectivity index (χ1v) is 11.8. The molecule has 1 fully saturated rings. The lowest BCUT2D eigenvalue weighted by Crippen LogP contribution is -2.41. The molecule has 1 saturated heterocycles. The van der Waals surface area contributed by atoms with Crippen LogP contribution in [0.1, 0.15) is 42.5 Å². The summed E-state index contributed by atoms with van der Waals surface area (Å²) in [5.74, 6) is -0.130. The number of halogens is 4. The number of imidazole rings is 1. The van der Waals surface area contributed by atoms with Crippen LogP contribution in [0.25, 0.3) is 11.0 Å². The van der Waals surface area contributed by atoms with E-state index in [0.717, 1.165) is 38.8 Å². The van der Waals surface area contributed by atoms with E-state index in [4.69, 9.17) is 0 Å². The minimum absolute atomic E-state index is 0.0473. The van der Waals surface area contributed by atoms with Crippen molar-refractivity contribution in [2.24, 2.45) is 0 Å². The molecule has 9 heteroatoms. The van der Waals surface area contributed by atoms with Crippen LogP contribution in [0.3, 0.4) is 0 Å². The molecule has 0 bridgehead atoms. The lowest BCUT2D eigenvalue weighted by Gasteiger charge is -2.33. The first-order chi connectivity index (χ1) is 16.0. The van der Waals surface area contributed by atoms with Gasteiger partial charge in [0.15, 0.2) is 0 Å². The van der Waals surface area contributed by atoms with Gasteiger partial charge in [-0.05, 0) is 71.4 Å². The van der Waals surface area contributed by atoms with Crippen molar-refractivity contribution in [3.8, 4) is 0 Å². The van der Waals surface area contributed by atoms with Gasteiger partial charge in [-0.3, -0.25) is 9.36 Å². The third-order valence-electron chi connectivity index (χ3n) is 6.21. The van der Waals surface area contributed by atoms with Crippen molar-refractivity contribution in [1.82, 2.24) is 14.5 Å². The Morgan fingerprint density at radius 1 is 1.12 bits per heavy atom. The number of aromatic amines is 1. The van der Waals surface area contributed by atoms with E-state index in [9.17, 15) is 22.8 Å². The fourth-order valence-corrected chi connectivity index (χ4v) is 5.18. The van der Waals surface area contributed by atoms with Crippen LogP contribution in [0.5, 0.6) is 0 Å². The van der Waals surface area contributed by atoms with E-state index in [2.05, 4.69) is 27.5 Å². The van der Waals surface area contributed by atoms with Crippen LogP contribution in [0.15, 0.2) is 57.8 Å². The minimum atomic E-state index is -4.40. The van der Waals surface area contributed by atoms with E-state index in [1.165, 1.54) is 12.1 Å². The highest BCUT2D eigenvalue weighted by Gasteiger charge is 2.30. The molecule has 3 aromatic rings. The van der Waals surface area contributed by atoms with Gasteiger partial charge < -0.3 is 9.88 Å². The summed E-state index contributed by atoms with van der Waals surface area (Å²) < 4.78 is 40.9. The van der Waals surface area contributed by atoms with Gasteiger partial charge in [0.25, 0.3) is 0 Å². The number of carbonyl (C=O) groups is 1. The maximum absolute atomic E-state index is 12.8. The van der Waals surface area contributed by atoms with Crippen LogP contribution < -0.4 is 5.69 Å². The Bertz CT molecular complexity index is 1280. The lowest BCUT2D eigenvalue weighted by molar-refractivity contribution is -0.137. The largest absolute Gasteiger partial charge is 0.416 e. The molecule has 1 N–H and O–H groups in total. The number of hydrogen-bond acceptors (Lipinski definition) is 2. The summed E-state index contributed by atoms with van der Waals surface area (Å²) in [5.41, 5.74) is 3.27. The van der Waals surface area contributed by atoms with Gasteiger partial charge in [-0.25, -0.2) is 4.79 Å². The van der Waals surface area contributed by atoms with Crippen LogP contribution in [-0.4, -0.2) is 33.4 Å². The number of amides is 1. The average Bonchev–Trinajstić information content (AvgIpc) is 3.12. The molecule has 1 amide bonds. The molecule has 34 heavy (non-hydrogen) atoms. The molecule has 0 saturated carbocycles. The zero-order chi connectivity index (χ0) is 24.6. The Morgan fingerprint density at radius 2 is 1.76 bits per heavy atom. The number of carbonyl (C=O) groups excluding carboxylic acids is 1. The van der Waals surface area contributed by atoms with E-state index < -0.39 is 11.7 Å². The molecule has 0 atom stereocenters. The van der Waals surface area contributed by atoms with Gasteiger partial charge in [0.2, 0.25) is 5.91 Å². The molecular formula is C25H25BrF3N3O2. The fourth-order valence-electron chi connectivity index (χ4n) is 4.50. The third-order valence-corrected chi connectivity index (χ3v) is 7.09. The zero-order valence-electron chi connectivity index (χ0n) is 18.7. The second kappa shape index (κ2) is 9.44. The molecular weight excluding hydrogens is 511 g/mol. The Kier molecular flexibility index (Phi) is 6.75. The van der Waals surface area contributed by atoms with Crippen molar-refractivity contribution in [3.05, 3.63) is 80.2 Å². The molecule has 0 radical (unpaired) electrons. The first kappa shape index (κ1) is 24.3. The zero-order valence-corrected chi connectivity index (χ0v) is 20.3. The van der Waals surface area contributed by atoms with E-state index in [1.807, 2.05) is 19.1 Å². The van der Waals surface area contributed by atoms with Crippen molar-refractivity contribution >= 4 is 32.9 Å². The van der Waals surface area contributed by atoms with Crippen LogP contribution >= 0.6 is 15.9 Å². The minimum Gasteiger partial charge on any atom is -0.342 e. The van der Waals surface area contributed by atoms with E-state index in [-0.39, 0.29) is 24.1 Å². The summed E-state index contributed by atoms with van der Waals surface area (Å²) >= 11 is 3.67. The van der Waals surface area contributed by atoms with Gasteiger partial charge in [-0.1, -0.05) is 30.4 Å². The topological polar surface area (TPSA) is 58.1 Å². The van der Waals surface area contributed by atoms with Crippen LogP contribution in [-0.2, 0) is 23.8 Å². The van der Waals surface area contributed by atoms with Gasteiger partial charge >= 0.3 is 11.9 Å². The summed E-state index contributed by atoms with van der Waals surface area (Å²) in [4.78, 5) is 30.2. The second-order valence-corrected chi connectivity index (χ2v) is 9.65. The smallest absolute Gasteiger partial charge is 0.342 e. The van der Waals surface area contributed by atoms with Gasteiger partial charge in [0, 0.05) is 23.6 Å². The van der Waals surface area contributed by atoms with Gasteiger partial charge in [-0.2, -0.15) is 13.2 Å². The molecule has 0 aliphatic carbocycles. The van der Waals surface area contributed by atoms with Crippen molar-refractivity contribution in [1.29, 1.82) is 0 Å². The number of nitrogens with zero attached hydrogens (tertiary/aromatic N) is 2. The van der Waals surface area contributed by atoms with E-state index >= 15 is 0 Å². The molecule has 1 aromatic heterocycles. The van der Waals surface area contributed by atoms with Gasteiger partial charge in [-0.15, -0.1) is 0 Å². The Labute approximate surface area is 203 Å². The lowest BCUT2D eigenvalue weighted by atomic mass is 10.0. The number of hydrogen-bond donors (Lipinski definition) is 1. The number of piperidine rings is 1. The number of H-pyrrole nitrogens is 1. The SMILES string of the molecule is C=C(C)Cc1ccc2[nH]c(=O)n(C3CCN(C(=O)Cc4ccc(C(F)(F)F)cc4)CC3)c2c1Br. The highest BCUT2D eigenvalue weighted by Crippen LogP contribution is 2.33. The van der Waals surface area contributed by atoms with E-state index in [1.54, 1.807) is 9.47 Å². The van der Waals surface area contributed by atoms with Gasteiger partial charge in [0.05, 0.1) is 23.0 Å². The van der Waals surface area contributed by atoms with E-state index in [0.29, 0.717) is 37.9 Å². The molecule has 1 aliphatic rings. The van der Waals surface area contributed by atoms with Crippen LogP contribution in [0.2, 0.25) is 0 Å². The predicted octanol–water partition coefficient (Wildman–Crippen LogP) is 5.64. The summed E-state index contributed by atoms with van der Waals surface area (Å²) in [6, 6.07) is 8.50. The highest BCUT2D eigenvalue weighted by molar-refractivity contribution is 9.10. The summed E-state index contributed by atoms with van der Waals surface area (Å²) in [5, 5.41) is 0. The third kappa shape index (κ3) is 4.99. The maximum atomic E-state index is 12.8. The van der Waals surface area contributed by atoms with Crippen molar-refractivity contribution in [3.63, 3.8) is 0 Å². The van der Waals surface area contributed by atoms with Crippen molar-refractivity contribution in [2.45, 2.75) is 44.8 Å². The van der Waals surface area contributed by atoms with Crippen molar-refractivity contribution < 1.29 is 18.0 Å². The Hall–Kier alpha value is -2.81. The number of rotatable bonds is 5. The molecule has 2 aromatic carbocycles. The van der Waals surface area contributed by atoms with Crippen molar-refractivity contribution in [2.75, 3.05) is 13.1 Å². The molecule has 180 valence electrons. The summed E-state index contributed by atoms with van der Waals surface area (Å²) in [7, 11) is 0. The number of aromatic nitrogens is 2. The van der Waals surface area contributed by atoms with Crippen LogP contribution in [0.4, 0.5) is 13.2 Å². The predicted molar refractivity (Wildman–Crippen MR) is 129 cm³/mol. The number of likely N-dealkylation sites (tertiary alicyclic amines) is 1. The Morgan fingerprint density at radius 3 is 2.35 bits per heavy atom. The first-order valence-electron chi connectivity index (χ1n) is 11.0. The summed E-state index contributed by atoms with van der Waals surface area (Å²) in [6.07, 6.45) is -2.42. The number of benzene rings is 2. The standard InChI is InChI=1S/C25H25BrF3N3O2/c1-15(2)13-17-5-8-20-23(22(17)26)32(24(34)30-20)19-9-11-31(12-10-19)21(33)14-16-3-6-18(7-4-16)25(27,28)29/h3-8,19H,1,9-14H2,2H3,(H,30,34). The molecule has 4 rings (SSSR count). The monoisotopic (exact) mass is 535 g/mol. The summed E-state index contributed by atoms with van der Waals surface area (Å²) in [6.45, 7) is 6.89. The average molecular weight is 536 g/mol. The van der Waals surface area contributed by atoms with Crippen LogP contribution in [0, 0.1) is 0 Å². The normalized spacial score (nSPS) is 15.1. The van der Waals surface area contributed by atoms with Gasteiger partial charge in [0.1, 0.15) is 0 Å². The molecule has 0 spiro atoms. The molecule has 1 aliphatic heterocycles. The molecule has 0 unspecified atom stereocenters. The Balaban J connectivity index is 1.46. The second-order valence-electron chi connectivity index (χ2n) is 8.85.